The number of hydrogen-bond donors (Lipinski definition) is 1. The monoisotopic (exact) mass is 281 g/mol. The van der Waals surface area contributed by atoms with E-state index in [-0.39, 0.29) is 0 Å². The molecule has 0 aliphatic carbocycles. The summed E-state index contributed by atoms with van der Waals surface area (Å²) in [7, 11) is 1.95. The van der Waals surface area contributed by atoms with Gasteiger partial charge in [-0.25, -0.2) is 0 Å². The van der Waals surface area contributed by atoms with E-state index in [0.717, 1.165) is 6.54 Å². The van der Waals surface area contributed by atoms with E-state index in [1.54, 1.807) is 18.3 Å². The molecular weight excluding hydrogens is 262 g/mol. The first kappa shape index (κ1) is 15.2. The summed E-state index contributed by atoms with van der Waals surface area (Å²) < 4.78 is 0. The third-order valence-corrected chi connectivity index (χ3v) is 3.34. The maximum absolute atomic E-state index is 10.3. The number of aromatic nitrogens is 1. The SMILES string of the molecule is CN(Cc1ccccc1)CC(C#N)C(O)c1ccccn1. The summed E-state index contributed by atoms with van der Waals surface area (Å²) in [5.41, 5.74) is 1.72. The molecule has 0 saturated heterocycles. The third kappa shape index (κ3) is 4.38. The lowest BCUT2D eigenvalue weighted by Crippen LogP contribution is -2.28. The van der Waals surface area contributed by atoms with Crippen LogP contribution >= 0.6 is 0 Å². The molecule has 21 heavy (non-hydrogen) atoms. The molecule has 2 atom stereocenters. The molecule has 0 radical (unpaired) electrons. The fraction of sp³-hybridized carbons (Fsp3) is 0.294. The van der Waals surface area contributed by atoms with E-state index in [1.165, 1.54) is 5.56 Å². The molecule has 0 spiro atoms. The van der Waals surface area contributed by atoms with E-state index in [9.17, 15) is 10.4 Å². The zero-order chi connectivity index (χ0) is 15.1. The number of nitriles is 1. The molecule has 2 unspecified atom stereocenters. The Morgan fingerprint density at radius 3 is 2.52 bits per heavy atom. The molecule has 0 amide bonds. The van der Waals surface area contributed by atoms with Crippen molar-refractivity contribution in [1.29, 1.82) is 5.26 Å². The smallest absolute Gasteiger partial charge is 0.113 e. The van der Waals surface area contributed by atoms with Gasteiger partial charge in [-0.15, -0.1) is 0 Å². The largest absolute Gasteiger partial charge is 0.385 e. The highest BCUT2D eigenvalue weighted by Crippen LogP contribution is 2.20. The Kier molecular flexibility index (Phi) is 5.44. The van der Waals surface area contributed by atoms with Crippen LogP contribution in [0.25, 0.3) is 0 Å². The predicted octanol–water partition coefficient (Wildman–Crippen LogP) is 2.39. The Labute approximate surface area is 125 Å². The van der Waals surface area contributed by atoms with Gasteiger partial charge in [0.2, 0.25) is 0 Å². The molecular formula is C17H19N3O. The highest BCUT2D eigenvalue weighted by atomic mass is 16.3. The van der Waals surface area contributed by atoms with Crippen LogP contribution in [-0.2, 0) is 6.54 Å². The third-order valence-electron chi connectivity index (χ3n) is 3.34. The maximum Gasteiger partial charge on any atom is 0.113 e. The van der Waals surface area contributed by atoms with Crippen molar-refractivity contribution in [2.75, 3.05) is 13.6 Å². The average Bonchev–Trinajstić information content (AvgIpc) is 2.53. The van der Waals surface area contributed by atoms with Crippen LogP contribution in [0.5, 0.6) is 0 Å². The van der Waals surface area contributed by atoms with Gasteiger partial charge in [0.15, 0.2) is 0 Å². The van der Waals surface area contributed by atoms with E-state index in [2.05, 4.69) is 11.1 Å². The Hall–Kier alpha value is -2.22. The lowest BCUT2D eigenvalue weighted by molar-refractivity contribution is 0.107. The lowest BCUT2D eigenvalue weighted by Gasteiger charge is -2.23. The van der Waals surface area contributed by atoms with E-state index in [4.69, 9.17) is 0 Å². The van der Waals surface area contributed by atoms with Gasteiger partial charge in [-0.1, -0.05) is 36.4 Å². The molecule has 1 heterocycles. The molecule has 4 nitrogen and oxygen atoms in total. The minimum atomic E-state index is -0.866. The van der Waals surface area contributed by atoms with Crippen molar-refractivity contribution < 1.29 is 5.11 Å². The summed E-state index contributed by atoms with van der Waals surface area (Å²) in [6.45, 7) is 1.23. The van der Waals surface area contributed by atoms with Gasteiger partial charge in [0.1, 0.15) is 6.10 Å². The number of aliphatic hydroxyl groups excluding tert-OH is 1. The molecule has 1 N–H and O–H groups in total. The van der Waals surface area contributed by atoms with Gasteiger partial charge in [0.05, 0.1) is 17.7 Å². The topological polar surface area (TPSA) is 60.2 Å². The molecule has 1 aromatic carbocycles. The fourth-order valence-electron chi connectivity index (χ4n) is 2.26. The molecule has 0 saturated carbocycles. The van der Waals surface area contributed by atoms with Gasteiger partial charge < -0.3 is 10.0 Å². The molecule has 0 fully saturated rings. The number of rotatable bonds is 6. The minimum absolute atomic E-state index is 0.489. The van der Waals surface area contributed by atoms with Gasteiger partial charge in [-0.2, -0.15) is 5.26 Å². The van der Waals surface area contributed by atoms with Crippen LogP contribution in [0.3, 0.4) is 0 Å². The number of hydrogen-bond acceptors (Lipinski definition) is 4. The van der Waals surface area contributed by atoms with Crippen LogP contribution in [0.4, 0.5) is 0 Å². The summed E-state index contributed by atoms with van der Waals surface area (Å²) in [5.74, 6) is -0.506. The molecule has 4 heteroatoms. The highest BCUT2D eigenvalue weighted by molar-refractivity contribution is 5.15. The molecule has 2 aromatic rings. The Bertz CT molecular complexity index is 580. The van der Waals surface area contributed by atoms with Crippen molar-refractivity contribution in [3.8, 4) is 6.07 Å². The summed E-state index contributed by atoms with van der Waals surface area (Å²) in [5, 5.41) is 19.6. The quantitative estimate of drug-likeness (QED) is 0.883. The normalized spacial score (nSPS) is 13.6. The van der Waals surface area contributed by atoms with Crippen molar-refractivity contribution in [3.05, 3.63) is 66.0 Å². The van der Waals surface area contributed by atoms with Crippen LogP contribution in [0.15, 0.2) is 54.7 Å². The van der Waals surface area contributed by atoms with Crippen molar-refractivity contribution >= 4 is 0 Å². The molecule has 1 aromatic heterocycles. The first-order valence-corrected chi connectivity index (χ1v) is 6.92. The molecule has 108 valence electrons. The van der Waals surface area contributed by atoms with Crippen molar-refractivity contribution in [2.45, 2.75) is 12.6 Å². The fourth-order valence-corrected chi connectivity index (χ4v) is 2.26. The molecule has 0 aliphatic heterocycles. The standard InChI is InChI=1S/C17H19N3O/c1-20(12-14-7-3-2-4-8-14)13-15(11-18)17(21)16-9-5-6-10-19-16/h2-10,15,17,21H,12-13H2,1H3. The highest BCUT2D eigenvalue weighted by Gasteiger charge is 2.23. The van der Waals surface area contributed by atoms with E-state index in [0.29, 0.717) is 12.2 Å². The van der Waals surface area contributed by atoms with Gasteiger partial charge in [0, 0.05) is 19.3 Å². The zero-order valence-electron chi connectivity index (χ0n) is 12.1. The second-order valence-electron chi connectivity index (χ2n) is 5.12. The summed E-state index contributed by atoms with van der Waals surface area (Å²) in [6, 6.07) is 17.6. The van der Waals surface area contributed by atoms with E-state index < -0.39 is 12.0 Å². The van der Waals surface area contributed by atoms with Crippen molar-refractivity contribution in [3.63, 3.8) is 0 Å². The Balaban J connectivity index is 1.97. The number of benzene rings is 1. The number of aliphatic hydroxyl groups is 1. The van der Waals surface area contributed by atoms with Crippen LogP contribution in [-0.4, -0.2) is 28.6 Å². The van der Waals surface area contributed by atoms with E-state index >= 15 is 0 Å². The van der Waals surface area contributed by atoms with Crippen LogP contribution in [0, 0.1) is 17.2 Å². The predicted molar refractivity (Wildman–Crippen MR) is 81.1 cm³/mol. The second kappa shape index (κ2) is 7.53. The summed E-state index contributed by atoms with van der Waals surface area (Å²) in [4.78, 5) is 6.16. The van der Waals surface area contributed by atoms with Crippen LogP contribution in [0.1, 0.15) is 17.4 Å². The van der Waals surface area contributed by atoms with Gasteiger partial charge in [0.25, 0.3) is 0 Å². The first-order chi connectivity index (χ1) is 10.2. The van der Waals surface area contributed by atoms with Crippen molar-refractivity contribution in [1.82, 2.24) is 9.88 Å². The Morgan fingerprint density at radius 2 is 1.90 bits per heavy atom. The van der Waals surface area contributed by atoms with Gasteiger partial charge in [-0.05, 0) is 24.7 Å². The number of pyridine rings is 1. The Morgan fingerprint density at radius 1 is 1.19 bits per heavy atom. The van der Waals surface area contributed by atoms with Crippen LogP contribution < -0.4 is 0 Å². The van der Waals surface area contributed by atoms with Crippen molar-refractivity contribution in [2.24, 2.45) is 5.92 Å². The van der Waals surface area contributed by atoms with Crippen LogP contribution in [0.2, 0.25) is 0 Å². The molecule has 2 rings (SSSR count). The van der Waals surface area contributed by atoms with E-state index in [1.807, 2.05) is 48.3 Å². The summed E-state index contributed by atoms with van der Waals surface area (Å²) in [6.07, 6.45) is 0.759. The second-order valence-corrected chi connectivity index (χ2v) is 5.12. The summed E-state index contributed by atoms with van der Waals surface area (Å²) >= 11 is 0. The maximum atomic E-state index is 10.3. The lowest BCUT2D eigenvalue weighted by atomic mass is 10.00. The first-order valence-electron chi connectivity index (χ1n) is 6.92. The zero-order valence-corrected chi connectivity index (χ0v) is 12.1. The minimum Gasteiger partial charge on any atom is -0.385 e. The molecule has 0 aliphatic rings. The van der Waals surface area contributed by atoms with Gasteiger partial charge in [-0.3, -0.25) is 4.98 Å². The average molecular weight is 281 g/mol. The van der Waals surface area contributed by atoms with Gasteiger partial charge >= 0.3 is 0 Å². The number of nitrogens with zero attached hydrogens (tertiary/aromatic N) is 3. The molecule has 0 bridgehead atoms.